The molecule has 1 aliphatic rings. The predicted octanol–water partition coefficient (Wildman–Crippen LogP) is 3.75. The summed E-state index contributed by atoms with van der Waals surface area (Å²) in [6, 6.07) is 17.2. The maximum Gasteiger partial charge on any atom is 0.588 e. The highest BCUT2D eigenvalue weighted by atomic mass is 28.4. The molecule has 128 valence electrons. The normalized spacial score (nSPS) is 17.2. The van der Waals surface area contributed by atoms with Crippen LogP contribution in [0.1, 0.15) is 17.5 Å². The molecule has 1 fully saturated rings. The van der Waals surface area contributed by atoms with Gasteiger partial charge in [0.2, 0.25) is 0 Å². The Morgan fingerprint density at radius 1 is 0.708 bits per heavy atom. The first-order chi connectivity index (χ1) is 11.6. The molecule has 3 rings (SSSR count). The number of hydrogen-bond donors (Lipinski definition) is 0. The van der Waals surface area contributed by atoms with E-state index < -0.39 is 8.88 Å². The maximum absolute atomic E-state index is 6.09. The molecule has 1 aliphatic heterocycles. The zero-order valence-electron chi connectivity index (χ0n) is 15.0. The molecule has 0 unspecified atom stereocenters. The summed E-state index contributed by atoms with van der Waals surface area (Å²) in [5.41, 5.74) is 4.84. The van der Waals surface area contributed by atoms with Crippen molar-refractivity contribution < 1.29 is 8.85 Å². The van der Waals surface area contributed by atoms with Crippen molar-refractivity contribution in [3.8, 4) is 0 Å². The molecule has 0 bridgehead atoms. The zero-order valence-corrected chi connectivity index (χ0v) is 16.0. The van der Waals surface area contributed by atoms with Crippen molar-refractivity contribution in [1.29, 1.82) is 0 Å². The first kappa shape index (κ1) is 17.0. The van der Waals surface area contributed by atoms with Gasteiger partial charge in [0.1, 0.15) is 0 Å². The molecule has 2 aromatic carbocycles. The second-order valence-corrected chi connectivity index (χ2v) is 9.28. The summed E-state index contributed by atoms with van der Waals surface area (Å²) in [4.78, 5) is 0. The van der Waals surface area contributed by atoms with Gasteiger partial charge in [-0.3, -0.25) is 0 Å². The van der Waals surface area contributed by atoms with Crippen molar-refractivity contribution >= 4 is 20.3 Å². The summed E-state index contributed by atoms with van der Waals surface area (Å²) >= 11 is 0. The topological polar surface area (TPSA) is 24.9 Å². The predicted molar refractivity (Wildman–Crippen MR) is 101 cm³/mol. The van der Waals surface area contributed by atoms with Gasteiger partial charge >= 0.3 is 8.88 Å². The van der Waals surface area contributed by atoms with E-state index in [4.69, 9.17) is 8.85 Å². The minimum absolute atomic E-state index is 0.944. The lowest BCUT2D eigenvalue weighted by atomic mass is 10.2. The lowest BCUT2D eigenvalue weighted by Gasteiger charge is -2.49. The largest absolute Gasteiger partial charge is 0.588 e. The summed E-state index contributed by atoms with van der Waals surface area (Å²) in [5.74, 6) is 0. The average molecular weight is 343 g/mol. The number of aryl methyl sites for hydroxylation is 2. The van der Waals surface area contributed by atoms with Crippen LogP contribution in [0.4, 0.5) is 11.4 Å². The summed E-state index contributed by atoms with van der Waals surface area (Å²) in [7, 11) is 0.795. The van der Waals surface area contributed by atoms with Crippen LogP contribution in [0.2, 0.25) is 0 Å². The van der Waals surface area contributed by atoms with Gasteiger partial charge < -0.3 is 18.0 Å². The molecule has 5 heteroatoms. The third-order valence-corrected chi connectivity index (χ3v) is 8.06. The quantitative estimate of drug-likeness (QED) is 0.790. The fourth-order valence-corrected chi connectivity index (χ4v) is 6.54. The van der Waals surface area contributed by atoms with E-state index in [1.165, 1.54) is 11.1 Å². The van der Waals surface area contributed by atoms with Crippen molar-refractivity contribution in [3.63, 3.8) is 0 Å². The van der Waals surface area contributed by atoms with Gasteiger partial charge in [0.15, 0.2) is 0 Å². The Labute approximate surface area is 146 Å². The molecule has 0 saturated carbocycles. The minimum Gasteiger partial charge on any atom is -0.365 e. The van der Waals surface area contributed by atoms with E-state index in [9.17, 15) is 0 Å². The van der Waals surface area contributed by atoms with Gasteiger partial charge in [0, 0.05) is 38.7 Å². The molecular formula is C19H26N2O2Si. The highest BCUT2D eigenvalue weighted by Gasteiger charge is 2.54. The Balaban J connectivity index is 2.03. The SMILES string of the molecule is CO[Si]1(OC)N(c2ccc(C)cc2)CCCN1c1ccc(C)cc1. The van der Waals surface area contributed by atoms with Gasteiger partial charge in [-0.1, -0.05) is 35.4 Å². The standard InChI is InChI=1S/C19H26N2O2Si/c1-16-6-10-18(11-7-16)20-14-5-15-21(24(20,22-3)23-4)19-12-8-17(2)9-13-19/h6-13H,5,14-15H2,1-4H3. The highest BCUT2D eigenvalue weighted by Crippen LogP contribution is 2.33. The van der Waals surface area contributed by atoms with Crippen LogP contribution in [-0.4, -0.2) is 36.2 Å². The van der Waals surface area contributed by atoms with Crippen molar-refractivity contribution in [2.75, 3.05) is 36.4 Å². The average Bonchev–Trinajstić information content (AvgIpc) is 2.62. The number of nitrogens with zero attached hydrogens (tertiary/aromatic N) is 2. The van der Waals surface area contributed by atoms with Crippen LogP contribution in [0.3, 0.4) is 0 Å². The highest BCUT2D eigenvalue weighted by molar-refractivity contribution is 6.75. The summed E-state index contributed by atoms with van der Waals surface area (Å²) in [5, 5.41) is 0. The summed E-state index contributed by atoms with van der Waals surface area (Å²) in [6.45, 7) is 6.10. The van der Waals surface area contributed by atoms with Crippen LogP contribution in [0, 0.1) is 13.8 Å². The van der Waals surface area contributed by atoms with Crippen LogP contribution in [0.5, 0.6) is 0 Å². The van der Waals surface area contributed by atoms with Crippen molar-refractivity contribution in [2.45, 2.75) is 20.3 Å². The molecule has 0 aromatic heterocycles. The van der Waals surface area contributed by atoms with E-state index in [1.54, 1.807) is 14.2 Å². The van der Waals surface area contributed by atoms with Gasteiger partial charge in [0.05, 0.1) is 0 Å². The van der Waals surface area contributed by atoms with Crippen LogP contribution >= 0.6 is 0 Å². The second kappa shape index (κ2) is 6.97. The van der Waals surface area contributed by atoms with Gasteiger partial charge in [-0.2, -0.15) is 0 Å². The fourth-order valence-electron chi connectivity index (χ4n) is 3.37. The number of anilines is 2. The van der Waals surface area contributed by atoms with E-state index in [0.29, 0.717) is 0 Å². The van der Waals surface area contributed by atoms with Crippen molar-refractivity contribution in [3.05, 3.63) is 59.7 Å². The Bertz CT molecular complexity index is 613. The molecule has 0 aliphatic carbocycles. The van der Waals surface area contributed by atoms with Gasteiger partial charge in [-0.25, -0.2) is 0 Å². The molecule has 0 atom stereocenters. The molecule has 1 saturated heterocycles. The van der Waals surface area contributed by atoms with Crippen molar-refractivity contribution in [1.82, 2.24) is 0 Å². The van der Waals surface area contributed by atoms with Crippen LogP contribution in [0.25, 0.3) is 0 Å². The summed E-state index contributed by atoms with van der Waals surface area (Å²) in [6.07, 6.45) is 1.07. The Morgan fingerprint density at radius 2 is 1.08 bits per heavy atom. The van der Waals surface area contributed by atoms with E-state index in [-0.39, 0.29) is 0 Å². The molecule has 4 nitrogen and oxygen atoms in total. The van der Waals surface area contributed by atoms with Gasteiger partial charge in [-0.05, 0) is 44.5 Å². The second-order valence-electron chi connectivity index (χ2n) is 6.28. The Morgan fingerprint density at radius 3 is 1.42 bits per heavy atom. The lowest BCUT2D eigenvalue weighted by Crippen LogP contribution is -2.73. The molecule has 2 aromatic rings. The van der Waals surface area contributed by atoms with Crippen LogP contribution in [-0.2, 0) is 8.85 Å². The zero-order chi connectivity index (χ0) is 17.2. The molecule has 0 N–H and O–H groups in total. The first-order valence-electron chi connectivity index (χ1n) is 8.39. The molecular weight excluding hydrogens is 316 g/mol. The van der Waals surface area contributed by atoms with Crippen LogP contribution < -0.4 is 9.13 Å². The molecule has 0 spiro atoms. The van der Waals surface area contributed by atoms with E-state index in [0.717, 1.165) is 30.9 Å². The smallest absolute Gasteiger partial charge is 0.365 e. The molecule has 0 amide bonds. The third kappa shape index (κ3) is 2.95. The van der Waals surface area contributed by atoms with Gasteiger partial charge in [-0.15, -0.1) is 0 Å². The number of rotatable bonds is 4. The molecule has 1 heterocycles. The maximum atomic E-state index is 6.09. The van der Waals surface area contributed by atoms with E-state index in [2.05, 4.69) is 71.5 Å². The summed E-state index contributed by atoms with van der Waals surface area (Å²) < 4.78 is 16.8. The lowest BCUT2D eigenvalue weighted by molar-refractivity contribution is 0.229. The van der Waals surface area contributed by atoms with Gasteiger partial charge in [0.25, 0.3) is 0 Å². The van der Waals surface area contributed by atoms with E-state index in [1.807, 2.05) is 0 Å². The Hall–Kier alpha value is -1.82. The van der Waals surface area contributed by atoms with Crippen molar-refractivity contribution in [2.24, 2.45) is 0 Å². The number of benzene rings is 2. The monoisotopic (exact) mass is 342 g/mol. The number of hydrogen-bond acceptors (Lipinski definition) is 4. The fraction of sp³-hybridized carbons (Fsp3) is 0.368. The Kier molecular flexibility index (Phi) is 4.94. The van der Waals surface area contributed by atoms with Crippen LogP contribution in [0.15, 0.2) is 48.5 Å². The van der Waals surface area contributed by atoms with E-state index >= 15 is 0 Å². The third-order valence-electron chi connectivity index (χ3n) is 4.67. The minimum atomic E-state index is -2.74. The molecule has 0 radical (unpaired) electrons. The molecule has 24 heavy (non-hydrogen) atoms. The first-order valence-corrected chi connectivity index (χ1v) is 10.1.